The molecule has 1 fully saturated rings. The van der Waals surface area contributed by atoms with E-state index in [-0.39, 0.29) is 6.04 Å². The lowest BCUT2D eigenvalue weighted by atomic mass is 10.1. The zero-order chi connectivity index (χ0) is 10.6. The first-order chi connectivity index (χ1) is 6.62. The molecule has 1 saturated heterocycles. The minimum absolute atomic E-state index is 0.276. The van der Waals surface area contributed by atoms with Crippen LogP contribution in [0.1, 0.15) is 26.7 Å². The first kappa shape index (κ1) is 12.2. The molecule has 2 N–H and O–H groups in total. The van der Waals surface area contributed by atoms with Crippen molar-refractivity contribution in [2.75, 3.05) is 25.9 Å². The quantitative estimate of drug-likeness (QED) is 0.732. The molecule has 0 aromatic heterocycles. The van der Waals surface area contributed by atoms with Gasteiger partial charge in [-0.3, -0.25) is 4.57 Å². The largest absolute Gasteiger partial charge is 0.328 e. The first-order valence-electron chi connectivity index (χ1n) is 5.37. The number of piperidine rings is 1. The standard InChI is InChI=1S/C9H21N2O2P/c1-3-13-14(12,4-2)11-7-5-9(10)6-8-11/h9H,3-8,10H2,1-2H3. The fourth-order valence-electron chi connectivity index (χ4n) is 1.77. The van der Waals surface area contributed by atoms with Crippen LogP contribution in [0.4, 0.5) is 0 Å². The summed E-state index contributed by atoms with van der Waals surface area (Å²) in [6.45, 7) is 5.95. The van der Waals surface area contributed by atoms with E-state index < -0.39 is 7.52 Å². The van der Waals surface area contributed by atoms with Crippen molar-refractivity contribution in [2.45, 2.75) is 32.7 Å². The van der Waals surface area contributed by atoms with Gasteiger partial charge in [0.15, 0.2) is 0 Å². The van der Waals surface area contributed by atoms with Crippen LogP contribution in [0.25, 0.3) is 0 Å². The van der Waals surface area contributed by atoms with Gasteiger partial charge in [0.25, 0.3) is 7.52 Å². The molecule has 0 saturated carbocycles. The van der Waals surface area contributed by atoms with Crippen molar-refractivity contribution in [2.24, 2.45) is 5.73 Å². The van der Waals surface area contributed by atoms with E-state index in [1.807, 2.05) is 18.5 Å². The molecule has 0 aromatic rings. The maximum Gasteiger partial charge on any atom is 0.272 e. The van der Waals surface area contributed by atoms with Gasteiger partial charge >= 0.3 is 0 Å². The number of nitrogens with two attached hydrogens (primary N) is 1. The van der Waals surface area contributed by atoms with Gasteiger partial charge in [0.05, 0.1) is 6.61 Å². The highest BCUT2D eigenvalue weighted by atomic mass is 31.2. The number of hydrogen-bond donors (Lipinski definition) is 1. The average molecular weight is 220 g/mol. The molecule has 5 heteroatoms. The molecule has 1 heterocycles. The lowest BCUT2D eigenvalue weighted by Crippen LogP contribution is -2.38. The lowest BCUT2D eigenvalue weighted by molar-refractivity contribution is 0.242. The predicted molar refractivity (Wildman–Crippen MR) is 58.6 cm³/mol. The van der Waals surface area contributed by atoms with Crippen molar-refractivity contribution in [3.63, 3.8) is 0 Å². The molecule has 1 rings (SSSR count). The smallest absolute Gasteiger partial charge is 0.272 e. The zero-order valence-electron chi connectivity index (χ0n) is 9.11. The van der Waals surface area contributed by atoms with Crippen LogP contribution in [0.2, 0.25) is 0 Å². The number of rotatable bonds is 4. The maximum atomic E-state index is 12.3. The molecular weight excluding hydrogens is 199 g/mol. The average Bonchev–Trinajstić information content (AvgIpc) is 2.19. The van der Waals surface area contributed by atoms with Crippen LogP contribution in [-0.4, -0.2) is 36.6 Å². The summed E-state index contributed by atoms with van der Waals surface area (Å²) >= 11 is 0. The fraction of sp³-hybridized carbons (Fsp3) is 1.00. The fourth-order valence-corrected chi connectivity index (χ4v) is 3.75. The van der Waals surface area contributed by atoms with Crippen LogP contribution < -0.4 is 5.73 Å². The van der Waals surface area contributed by atoms with Crippen molar-refractivity contribution >= 4 is 7.52 Å². The third-order valence-electron chi connectivity index (χ3n) is 2.68. The molecule has 1 aliphatic rings. The third-order valence-corrected chi connectivity index (χ3v) is 5.40. The summed E-state index contributed by atoms with van der Waals surface area (Å²) in [6.07, 6.45) is 2.45. The molecule has 0 aromatic carbocycles. The van der Waals surface area contributed by atoms with Crippen molar-refractivity contribution in [3.05, 3.63) is 0 Å². The molecule has 4 nitrogen and oxygen atoms in total. The van der Waals surface area contributed by atoms with Crippen LogP contribution in [-0.2, 0) is 9.09 Å². The Bertz CT molecular complexity index is 215. The van der Waals surface area contributed by atoms with E-state index in [0.29, 0.717) is 12.8 Å². The molecule has 0 aliphatic carbocycles. The Morgan fingerprint density at radius 1 is 1.43 bits per heavy atom. The Morgan fingerprint density at radius 2 is 2.00 bits per heavy atom. The van der Waals surface area contributed by atoms with Gasteiger partial charge < -0.3 is 10.3 Å². The van der Waals surface area contributed by atoms with E-state index in [1.165, 1.54) is 0 Å². The summed E-state index contributed by atoms with van der Waals surface area (Å²) in [5.41, 5.74) is 5.80. The van der Waals surface area contributed by atoms with Crippen LogP contribution >= 0.6 is 7.52 Å². The zero-order valence-corrected chi connectivity index (χ0v) is 10.0. The molecule has 84 valence electrons. The van der Waals surface area contributed by atoms with E-state index in [1.54, 1.807) is 0 Å². The van der Waals surface area contributed by atoms with Crippen LogP contribution in [0.3, 0.4) is 0 Å². The van der Waals surface area contributed by atoms with Crippen LogP contribution in [0, 0.1) is 0 Å². The van der Waals surface area contributed by atoms with Gasteiger partial charge in [0, 0.05) is 25.3 Å². The molecule has 0 amide bonds. The summed E-state index contributed by atoms with van der Waals surface area (Å²) < 4.78 is 19.7. The van der Waals surface area contributed by atoms with E-state index >= 15 is 0 Å². The Kier molecular flexibility index (Phi) is 4.58. The predicted octanol–water partition coefficient (Wildman–Crippen LogP) is 1.66. The molecule has 0 radical (unpaired) electrons. The summed E-state index contributed by atoms with van der Waals surface area (Å²) in [5.74, 6) is 0. The summed E-state index contributed by atoms with van der Waals surface area (Å²) in [5, 5.41) is 0. The molecule has 1 unspecified atom stereocenters. The SMILES string of the molecule is CCOP(=O)(CC)N1CCC(N)CC1. The molecular formula is C9H21N2O2P. The van der Waals surface area contributed by atoms with Crippen molar-refractivity contribution < 1.29 is 9.09 Å². The molecule has 0 bridgehead atoms. The van der Waals surface area contributed by atoms with E-state index in [9.17, 15) is 4.57 Å². The van der Waals surface area contributed by atoms with Crippen molar-refractivity contribution in [3.8, 4) is 0 Å². The topological polar surface area (TPSA) is 55.6 Å². The van der Waals surface area contributed by atoms with Gasteiger partial charge in [-0.05, 0) is 19.8 Å². The van der Waals surface area contributed by atoms with E-state index in [4.69, 9.17) is 10.3 Å². The second-order valence-corrected chi connectivity index (χ2v) is 6.39. The highest BCUT2D eigenvalue weighted by molar-refractivity contribution is 7.56. The van der Waals surface area contributed by atoms with E-state index in [2.05, 4.69) is 0 Å². The second kappa shape index (κ2) is 5.26. The summed E-state index contributed by atoms with van der Waals surface area (Å²) in [4.78, 5) is 0. The Balaban J connectivity index is 2.57. The summed E-state index contributed by atoms with van der Waals surface area (Å²) in [7, 11) is -2.52. The van der Waals surface area contributed by atoms with Gasteiger partial charge in [0.2, 0.25) is 0 Å². The minimum Gasteiger partial charge on any atom is -0.328 e. The Morgan fingerprint density at radius 3 is 2.43 bits per heavy atom. The van der Waals surface area contributed by atoms with Crippen LogP contribution in [0.15, 0.2) is 0 Å². The minimum atomic E-state index is -2.52. The first-order valence-corrected chi connectivity index (χ1v) is 7.13. The van der Waals surface area contributed by atoms with Crippen molar-refractivity contribution in [1.82, 2.24) is 4.67 Å². The third kappa shape index (κ3) is 2.80. The van der Waals surface area contributed by atoms with Crippen molar-refractivity contribution in [1.29, 1.82) is 0 Å². The number of nitrogens with zero attached hydrogens (tertiary/aromatic N) is 1. The second-order valence-electron chi connectivity index (χ2n) is 3.66. The molecule has 1 aliphatic heterocycles. The van der Waals surface area contributed by atoms with Gasteiger partial charge in [-0.2, -0.15) is 0 Å². The highest BCUT2D eigenvalue weighted by Gasteiger charge is 2.31. The van der Waals surface area contributed by atoms with Crippen LogP contribution in [0.5, 0.6) is 0 Å². The monoisotopic (exact) mass is 220 g/mol. The Hall–Kier alpha value is 0.110. The van der Waals surface area contributed by atoms with Gasteiger partial charge in [0.1, 0.15) is 0 Å². The molecule has 0 spiro atoms. The van der Waals surface area contributed by atoms with E-state index in [0.717, 1.165) is 25.9 Å². The maximum absolute atomic E-state index is 12.3. The van der Waals surface area contributed by atoms with Gasteiger partial charge in [-0.15, -0.1) is 0 Å². The lowest BCUT2D eigenvalue weighted by Gasteiger charge is -2.35. The normalized spacial score (nSPS) is 24.8. The Labute approximate surface area is 86.3 Å². The number of hydrogen-bond acceptors (Lipinski definition) is 3. The van der Waals surface area contributed by atoms with Gasteiger partial charge in [-0.25, -0.2) is 4.67 Å². The highest BCUT2D eigenvalue weighted by Crippen LogP contribution is 2.51. The summed E-state index contributed by atoms with van der Waals surface area (Å²) in [6, 6.07) is 0.276. The molecule has 14 heavy (non-hydrogen) atoms. The van der Waals surface area contributed by atoms with Gasteiger partial charge in [-0.1, -0.05) is 6.92 Å². The molecule has 1 atom stereocenters.